The molecule has 1 aromatic heterocycles. The molecule has 13 heavy (non-hydrogen) atoms. The molecule has 3 nitrogen and oxygen atoms in total. The van der Waals surface area contributed by atoms with Crippen LogP contribution in [0.15, 0.2) is 18.5 Å². The molecule has 1 aromatic rings. The van der Waals surface area contributed by atoms with Gasteiger partial charge < -0.3 is 10.5 Å². The standard InChI is InChI=1S/C10H16N2O/c1-8(11)3-4-9-5-10(13-2)7-12-6-9/h5-8H,3-4,11H2,1-2H3. The summed E-state index contributed by atoms with van der Waals surface area (Å²) in [7, 11) is 1.65. The summed E-state index contributed by atoms with van der Waals surface area (Å²) in [6, 6.07) is 2.24. The Morgan fingerprint density at radius 1 is 1.54 bits per heavy atom. The fourth-order valence-corrected chi connectivity index (χ4v) is 1.11. The molecule has 0 spiro atoms. The number of nitrogens with two attached hydrogens (primary N) is 1. The van der Waals surface area contributed by atoms with Crippen molar-refractivity contribution in [1.82, 2.24) is 4.98 Å². The maximum absolute atomic E-state index is 5.66. The number of pyridine rings is 1. The molecule has 0 fully saturated rings. The molecule has 0 aliphatic rings. The van der Waals surface area contributed by atoms with Crippen LogP contribution in [0.1, 0.15) is 18.9 Å². The van der Waals surface area contributed by atoms with E-state index in [1.807, 2.05) is 19.2 Å². The van der Waals surface area contributed by atoms with Gasteiger partial charge in [-0.1, -0.05) is 0 Å². The quantitative estimate of drug-likeness (QED) is 0.761. The number of methoxy groups -OCH3 is 1. The summed E-state index contributed by atoms with van der Waals surface area (Å²) in [5, 5.41) is 0. The van der Waals surface area contributed by atoms with Crippen LogP contribution in [0.25, 0.3) is 0 Å². The zero-order valence-corrected chi connectivity index (χ0v) is 8.16. The Bertz CT molecular complexity index is 261. The van der Waals surface area contributed by atoms with Crippen LogP contribution in [-0.2, 0) is 6.42 Å². The molecular weight excluding hydrogens is 164 g/mol. The smallest absolute Gasteiger partial charge is 0.137 e. The lowest BCUT2D eigenvalue weighted by Gasteiger charge is -2.05. The molecule has 0 amide bonds. The average Bonchev–Trinajstić information content (AvgIpc) is 2.15. The van der Waals surface area contributed by atoms with Gasteiger partial charge in [0.05, 0.1) is 13.3 Å². The van der Waals surface area contributed by atoms with Gasteiger partial charge in [-0.3, -0.25) is 4.98 Å². The first-order valence-corrected chi connectivity index (χ1v) is 4.46. The molecule has 0 saturated carbocycles. The van der Waals surface area contributed by atoms with E-state index in [1.54, 1.807) is 13.3 Å². The van der Waals surface area contributed by atoms with Crippen molar-refractivity contribution in [1.29, 1.82) is 0 Å². The van der Waals surface area contributed by atoms with Gasteiger partial charge in [0.2, 0.25) is 0 Å². The highest BCUT2D eigenvalue weighted by atomic mass is 16.5. The monoisotopic (exact) mass is 180 g/mol. The second kappa shape index (κ2) is 4.82. The number of nitrogens with zero attached hydrogens (tertiary/aromatic N) is 1. The Balaban J connectivity index is 2.56. The Morgan fingerprint density at radius 3 is 2.92 bits per heavy atom. The van der Waals surface area contributed by atoms with Crippen LogP contribution < -0.4 is 10.5 Å². The molecule has 72 valence electrons. The predicted molar refractivity (Wildman–Crippen MR) is 52.8 cm³/mol. The van der Waals surface area contributed by atoms with E-state index in [0.29, 0.717) is 0 Å². The van der Waals surface area contributed by atoms with Gasteiger partial charge in [0.25, 0.3) is 0 Å². The van der Waals surface area contributed by atoms with E-state index in [-0.39, 0.29) is 6.04 Å². The first-order valence-electron chi connectivity index (χ1n) is 4.46. The van der Waals surface area contributed by atoms with Crippen molar-refractivity contribution >= 4 is 0 Å². The molecule has 0 aromatic carbocycles. The van der Waals surface area contributed by atoms with Crippen LogP contribution in [0, 0.1) is 0 Å². The lowest BCUT2D eigenvalue weighted by molar-refractivity contribution is 0.412. The molecule has 0 aliphatic carbocycles. The Morgan fingerprint density at radius 2 is 2.31 bits per heavy atom. The van der Waals surface area contributed by atoms with Crippen LogP contribution in [0.4, 0.5) is 0 Å². The first-order chi connectivity index (χ1) is 6.22. The second-order valence-corrected chi connectivity index (χ2v) is 3.25. The minimum absolute atomic E-state index is 0.242. The molecule has 3 heteroatoms. The van der Waals surface area contributed by atoms with E-state index >= 15 is 0 Å². The highest BCUT2D eigenvalue weighted by molar-refractivity contribution is 5.23. The summed E-state index contributed by atoms with van der Waals surface area (Å²) in [6.07, 6.45) is 5.50. The van der Waals surface area contributed by atoms with Crippen LogP contribution in [-0.4, -0.2) is 18.1 Å². The number of hydrogen-bond acceptors (Lipinski definition) is 3. The molecule has 1 rings (SSSR count). The third kappa shape index (κ3) is 3.42. The SMILES string of the molecule is COc1cncc(CCC(C)N)c1. The maximum Gasteiger partial charge on any atom is 0.137 e. The average molecular weight is 180 g/mol. The fraction of sp³-hybridized carbons (Fsp3) is 0.500. The fourth-order valence-electron chi connectivity index (χ4n) is 1.11. The Labute approximate surface area is 78.9 Å². The number of aryl methyl sites for hydroxylation is 1. The van der Waals surface area contributed by atoms with E-state index in [1.165, 1.54) is 5.56 Å². The number of hydrogen-bond donors (Lipinski definition) is 1. The summed E-state index contributed by atoms with van der Waals surface area (Å²) < 4.78 is 5.07. The molecular formula is C10H16N2O. The second-order valence-electron chi connectivity index (χ2n) is 3.25. The minimum atomic E-state index is 0.242. The molecule has 2 N–H and O–H groups in total. The lowest BCUT2D eigenvalue weighted by Crippen LogP contribution is -2.15. The largest absolute Gasteiger partial charge is 0.495 e. The van der Waals surface area contributed by atoms with Crippen molar-refractivity contribution in [2.24, 2.45) is 5.73 Å². The van der Waals surface area contributed by atoms with E-state index in [2.05, 4.69) is 4.98 Å². The summed E-state index contributed by atoms with van der Waals surface area (Å²) >= 11 is 0. The maximum atomic E-state index is 5.66. The molecule has 1 heterocycles. The van der Waals surface area contributed by atoms with Crippen LogP contribution in [0.3, 0.4) is 0 Å². The van der Waals surface area contributed by atoms with E-state index in [0.717, 1.165) is 18.6 Å². The summed E-state index contributed by atoms with van der Waals surface area (Å²) in [4.78, 5) is 4.07. The van der Waals surface area contributed by atoms with E-state index in [9.17, 15) is 0 Å². The zero-order valence-electron chi connectivity index (χ0n) is 8.16. The van der Waals surface area contributed by atoms with Crippen LogP contribution >= 0.6 is 0 Å². The molecule has 0 radical (unpaired) electrons. The van der Waals surface area contributed by atoms with Gasteiger partial charge in [0.15, 0.2) is 0 Å². The molecule has 0 aliphatic heterocycles. The third-order valence-electron chi connectivity index (χ3n) is 1.89. The van der Waals surface area contributed by atoms with Crippen molar-refractivity contribution in [3.05, 3.63) is 24.0 Å². The van der Waals surface area contributed by atoms with E-state index in [4.69, 9.17) is 10.5 Å². The molecule has 1 atom stereocenters. The minimum Gasteiger partial charge on any atom is -0.495 e. The van der Waals surface area contributed by atoms with Crippen molar-refractivity contribution in [2.45, 2.75) is 25.8 Å². The number of aromatic nitrogens is 1. The van der Waals surface area contributed by atoms with Crippen LogP contribution in [0.5, 0.6) is 5.75 Å². The van der Waals surface area contributed by atoms with Gasteiger partial charge >= 0.3 is 0 Å². The lowest BCUT2D eigenvalue weighted by atomic mass is 10.1. The van der Waals surface area contributed by atoms with Crippen LogP contribution in [0.2, 0.25) is 0 Å². The third-order valence-corrected chi connectivity index (χ3v) is 1.89. The molecule has 0 saturated heterocycles. The highest BCUT2D eigenvalue weighted by Crippen LogP contribution is 2.11. The molecule has 0 bridgehead atoms. The van der Waals surface area contributed by atoms with Gasteiger partial charge in [-0.2, -0.15) is 0 Å². The van der Waals surface area contributed by atoms with Crippen molar-refractivity contribution in [2.75, 3.05) is 7.11 Å². The number of rotatable bonds is 4. The van der Waals surface area contributed by atoms with Crippen molar-refractivity contribution in [3.63, 3.8) is 0 Å². The number of ether oxygens (including phenoxy) is 1. The Hall–Kier alpha value is -1.09. The topological polar surface area (TPSA) is 48.1 Å². The first kappa shape index (κ1) is 9.99. The molecule has 1 unspecified atom stereocenters. The van der Waals surface area contributed by atoms with Gasteiger partial charge in [-0.25, -0.2) is 0 Å². The van der Waals surface area contributed by atoms with E-state index < -0.39 is 0 Å². The highest BCUT2D eigenvalue weighted by Gasteiger charge is 1.98. The van der Waals surface area contributed by atoms with Gasteiger partial charge in [-0.15, -0.1) is 0 Å². The van der Waals surface area contributed by atoms with Gasteiger partial charge in [0.1, 0.15) is 5.75 Å². The predicted octanol–water partition coefficient (Wildman–Crippen LogP) is 1.37. The van der Waals surface area contributed by atoms with Gasteiger partial charge in [0, 0.05) is 12.2 Å². The van der Waals surface area contributed by atoms with Gasteiger partial charge in [-0.05, 0) is 31.4 Å². The zero-order chi connectivity index (χ0) is 9.68. The summed E-state index contributed by atoms with van der Waals surface area (Å²) in [5.41, 5.74) is 6.84. The summed E-state index contributed by atoms with van der Waals surface area (Å²) in [5.74, 6) is 0.808. The summed E-state index contributed by atoms with van der Waals surface area (Å²) in [6.45, 7) is 2.01. The Kier molecular flexibility index (Phi) is 3.71. The van der Waals surface area contributed by atoms with Crippen molar-refractivity contribution < 1.29 is 4.74 Å². The normalized spacial score (nSPS) is 12.5. The van der Waals surface area contributed by atoms with Crippen molar-refractivity contribution in [3.8, 4) is 5.75 Å².